The maximum atomic E-state index is 12.4. The first-order valence-corrected chi connectivity index (χ1v) is 7.60. The summed E-state index contributed by atoms with van der Waals surface area (Å²) in [5.74, 6) is 0.0681. The first-order chi connectivity index (χ1) is 10.2. The van der Waals surface area contributed by atoms with Crippen molar-refractivity contribution in [2.45, 2.75) is 44.1 Å². The first kappa shape index (κ1) is 13.9. The van der Waals surface area contributed by atoms with Gasteiger partial charge in [-0.1, -0.05) is 19.3 Å². The second-order valence-electron chi connectivity index (χ2n) is 6.00. The van der Waals surface area contributed by atoms with Gasteiger partial charge in [-0.05, 0) is 25.0 Å². The molecule has 5 nitrogen and oxygen atoms in total. The maximum absolute atomic E-state index is 12.4. The van der Waals surface area contributed by atoms with Crippen molar-refractivity contribution in [3.63, 3.8) is 0 Å². The van der Waals surface area contributed by atoms with E-state index in [0.717, 1.165) is 18.5 Å². The fourth-order valence-corrected chi connectivity index (χ4v) is 3.38. The molecule has 0 unspecified atom stereocenters. The highest BCUT2D eigenvalue weighted by atomic mass is 16.1. The number of anilines is 1. The molecule has 2 heterocycles. The van der Waals surface area contributed by atoms with Crippen molar-refractivity contribution >= 4 is 11.6 Å². The van der Waals surface area contributed by atoms with Gasteiger partial charge < -0.3 is 9.88 Å². The number of carbonyl (C=O) groups is 1. The van der Waals surface area contributed by atoms with Crippen molar-refractivity contribution in [2.24, 2.45) is 7.05 Å². The minimum absolute atomic E-state index is 0.0615. The smallest absolute Gasteiger partial charge is 0.226 e. The van der Waals surface area contributed by atoms with Crippen molar-refractivity contribution in [3.8, 4) is 0 Å². The molecular formula is C16H22N4O. The highest BCUT2D eigenvalue weighted by molar-refractivity contribution is 5.91. The molecule has 0 spiro atoms. The summed E-state index contributed by atoms with van der Waals surface area (Å²) in [4.78, 5) is 12.4. The van der Waals surface area contributed by atoms with E-state index >= 15 is 0 Å². The number of nitrogens with one attached hydrogen (secondary N) is 1. The van der Waals surface area contributed by atoms with Crippen molar-refractivity contribution in [1.29, 1.82) is 0 Å². The summed E-state index contributed by atoms with van der Waals surface area (Å²) in [5.41, 5.74) is 0.703. The Bertz CT molecular complexity index is 594. The molecule has 0 bridgehead atoms. The predicted octanol–water partition coefficient (Wildman–Crippen LogP) is 2.91. The van der Waals surface area contributed by atoms with E-state index in [1.807, 2.05) is 25.4 Å². The Morgan fingerprint density at radius 1 is 1.29 bits per heavy atom. The summed E-state index contributed by atoms with van der Waals surface area (Å²) in [6.45, 7) is 0. The average Bonchev–Trinajstić information content (AvgIpc) is 3.12. The van der Waals surface area contributed by atoms with E-state index in [1.54, 1.807) is 10.9 Å². The Morgan fingerprint density at radius 3 is 2.62 bits per heavy atom. The van der Waals surface area contributed by atoms with Crippen molar-refractivity contribution < 1.29 is 4.79 Å². The maximum Gasteiger partial charge on any atom is 0.226 e. The number of rotatable bonds is 4. The number of aromatic nitrogens is 3. The Labute approximate surface area is 125 Å². The molecule has 2 aromatic rings. The average molecular weight is 286 g/mol. The fraction of sp³-hybridized carbons (Fsp3) is 0.500. The lowest BCUT2D eigenvalue weighted by Gasteiger charge is -2.38. The molecule has 0 saturated heterocycles. The van der Waals surface area contributed by atoms with Crippen LogP contribution in [0.4, 0.5) is 5.69 Å². The Hall–Kier alpha value is -2.04. The van der Waals surface area contributed by atoms with Crippen LogP contribution in [0.15, 0.2) is 36.9 Å². The third-order valence-electron chi connectivity index (χ3n) is 4.41. The molecule has 1 aliphatic carbocycles. The van der Waals surface area contributed by atoms with Gasteiger partial charge in [-0.15, -0.1) is 0 Å². The van der Waals surface area contributed by atoms with Crippen LogP contribution in [0, 0.1) is 0 Å². The summed E-state index contributed by atoms with van der Waals surface area (Å²) in [6, 6.07) is 4.07. The summed E-state index contributed by atoms with van der Waals surface area (Å²) >= 11 is 0. The van der Waals surface area contributed by atoms with Crippen LogP contribution in [0.5, 0.6) is 0 Å². The van der Waals surface area contributed by atoms with Crippen LogP contribution in [-0.4, -0.2) is 20.3 Å². The zero-order valence-electron chi connectivity index (χ0n) is 12.5. The van der Waals surface area contributed by atoms with Crippen LogP contribution in [0.25, 0.3) is 0 Å². The van der Waals surface area contributed by atoms with E-state index < -0.39 is 0 Å². The van der Waals surface area contributed by atoms with Gasteiger partial charge in [0.25, 0.3) is 0 Å². The normalized spacial score (nSPS) is 17.6. The zero-order chi connectivity index (χ0) is 14.7. The van der Waals surface area contributed by atoms with Crippen LogP contribution < -0.4 is 5.32 Å². The molecular weight excluding hydrogens is 264 g/mol. The van der Waals surface area contributed by atoms with Crippen molar-refractivity contribution in [3.05, 3.63) is 36.9 Å². The van der Waals surface area contributed by atoms with E-state index in [2.05, 4.69) is 27.4 Å². The number of aryl methyl sites for hydroxylation is 1. The highest BCUT2D eigenvalue weighted by Crippen LogP contribution is 2.38. The second-order valence-corrected chi connectivity index (χ2v) is 6.00. The van der Waals surface area contributed by atoms with E-state index in [9.17, 15) is 4.79 Å². The van der Waals surface area contributed by atoms with Gasteiger partial charge in [-0.3, -0.25) is 9.48 Å². The lowest BCUT2D eigenvalue weighted by Crippen LogP contribution is -2.38. The molecule has 1 fully saturated rings. The molecule has 0 radical (unpaired) electrons. The number of hydrogen-bond acceptors (Lipinski definition) is 2. The molecule has 1 amide bonds. The predicted molar refractivity (Wildman–Crippen MR) is 81.9 cm³/mol. The molecule has 0 aliphatic heterocycles. The number of hydrogen-bond donors (Lipinski definition) is 1. The third kappa shape index (κ3) is 3.01. The lowest BCUT2D eigenvalue weighted by molar-refractivity contribution is -0.118. The standard InChI is InChI=1S/C16H22N4O/c1-19-13-14(12-17-19)18-15(21)11-16(7-3-2-4-8-16)20-9-5-6-10-20/h5-6,9-10,12-13H,2-4,7-8,11H2,1H3,(H,18,21). The Morgan fingerprint density at radius 2 is 2.00 bits per heavy atom. The monoisotopic (exact) mass is 286 g/mol. The molecule has 1 saturated carbocycles. The molecule has 0 aromatic carbocycles. The fourth-order valence-electron chi connectivity index (χ4n) is 3.38. The third-order valence-corrected chi connectivity index (χ3v) is 4.41. The van der Waals surface area contributed by atoms with E-state index in [0.29, 0.717) is 6.42 Å². The van der Waals surface area contributed by atoms with Crippen LogP contribution in [0.1, 0.15) is 38.5 Å². The van der Waals surface area contributed by atoms with Gasteiger partial charge in [0, 0.05) is 25.6 Å². The molecule has 21 heavy (non-hydrogen) atoms. The largest absolute Gasteiger partial charge is 0.348 e. The van der Waals surface area contributed by atoms with Crippen LogP contribution in [0.2, 0.25) is 0 Å². The number of carbonyl (C=O) groups excluding carboxylic acids is 1. The SMILES string of the molecule is Cn1cc(NC(=O)CC2(n3cccc3)CCCCC2)cn1. The Balaban J connectivity index is 1.74. The number of amides is 1. The summed E-state index contributed by atoms with van der Waals surface area (Å²) in [5, 5.41) is 7.04. The molecule has 1 aliphatic rings. The summed E-state index contributed by atoms with van der Waals surface area (Å²) in [7, 11) is 1.85. The zero-order valence-corrected chi connectivity index (χ0v) is 12.5. The summed E-state index contributed by atoms with van der Waals surface area (Å²) in [6.07, 6.45) is 14.0. The van der Waals surface area contributed by atoms with Gasteiger partial charge in [-0.25, -0.2) is 0 Å². The topological polar surface area (TPSA) is 51.9 Å². The molecule has 1 N–H and O–H groups in total. The van der Waals surface area contributed by atoms with E-state index in [1.165, 1.54) is 19.3 Å². The van der Waals surface area contributed by atoms with Gasteiger partial charge >= 0.3 is 0 Å². The highest BCUT2D eigenvalue weighted by Gasteiger charge is 2.35. The van der Waals surface area contributed by atoms with Gasteiger partial charge in [0.15, 0.2) is 0 Å². The van der Waals surface area contributed by atoms with Gasteiger partial charge in [0.05, 0.1) is 23.8 Å². The Kier molecular flexibility index (Phi) is 3.82. The molecule has 2 aromatic heterocycles. The molecule has 112 valence electrons. The van der Waals surface area contributed by atoms with E-state index in [4.69, 9.17) is 0 Å². The first-order valence-electron chi connectivity index (χ1n) is 7.60. The molecule has 3 rings (SSSR count). The van der Waals surface area contributed by atoms with Crippen LogP contribution >= 0.6 is 0 Å². The molecule has 5 heteroatoms. The lowest BCUT2D eigenvalue weighted by atomic mass is 9.78. The van der Waals surface area contributed by atoms with Crippen molar-refractivity contribution in [2.75, 3.05) is 5.32 Å². The van der Waals surface area contributed by atoms with Crippen LogP contribution in [-0.2, 0) is 17.4 Å². The van der Waals surface area contributed by atoms with Gasteiger partial charge in [-0.2, -0.15) is 5.10 Å². The van der Waals surface area contributed by atoms with E-state index in [-0.39, 0.29) is 11.4 Å². The van der Waals surface area contributed by atoms with Gasteiger partial charge in [0.2, 0.25) is 5.91 Å². The molecule has 0 atom stereocenters. The minimum Gasteiger partial charge on any atom is -0.348 e. The quantitative estimate of drug-likeness (QED) is 0.939. The van der Waals surface area contributed by atoms with Crippen molar-refractivity contribution in [1.82, 2.24) is 14.3 Å². The van der Waals surface area contributed by atoms with Gasteiger partial charge in [0.1, 0.15) is 0 Å². The second kappa shape index (κ2) is 5.76. The minimum atomic E-state index is -0.0615. The number of nitrogens with zero attached hydrogens (tertiary/aromatic N) is 3. The van der Waals surface area contributed by atoms with Crippen LogP contribution in [0.3, 0.4) is 0 Å². The summed E-state index contributed by atoms with van der Waals surface area (Å²) < 4.78 is 3.92.